The largest absolute Gasteiger partial charge is 0.480 e. The number of nitrogen functional groups attached to an aromatic ring is 1. The summed E-state index contributed by atoms with van der Waals surface area (Å²) in [5, 5.41) is 0. The van der Waals surface area contributed by atoms with Crippen LogP contribution < -0.4 is 10.5 Å². The van der Waals surface area contributed by atoms with E-state index >= 15 is 0 Å². The third-order valence-electron chi connectivity index (χ3n) is 3.23. The Hall–Kier alpha value is -1.25. The van der Waals surface area contributed by atoms with Crippen LogP contribution in [0.2, 0.25) is 0 Å². The minimum atomic E-state index is 0.568. The van der Waals surface area contributed by atoms with E-state index in [1.165, 1.54) is 37.7 Å². The fraction of sp³-hybridized carbons (Fsp3) is 0.583. The minimum absolute atomic E-state index is 0.568. The van der Waals surface area contributed by atoms with E-state index in [0.29, 0.717) is 11.8 Å². The van der Waals surface area contributed by atoms with Crippen LogP contribution in [0, 0.1) is 0 Å². The predicted molar refractivity (Wildman–Crippen MR) is 61.0 cm³/mol. The van der Waals surface area contributed by atoms with Crippen LogP contribution in [0.4, 0.5) is 5.69 Å². The molecule has 0 bridgehead atoms. The summed E-state index contributed by atoms with van der Waals surface area (Å²) in [6, 6.07) is 2.04. The van der Waals surface area contributed by atoms with Gasteiger partial charge in [0.25, 0.3) is 0 Å². The summed E-state index contributed by atoms with van der Waals surface area (Å²) in [6.07, 6.45) is 8.27. The maximum Gasteiger partial charge on any atom is 0.237 e. The molecule has 0 spiro atoms. The highest BCUT2D eigenvalue weighted by molar-refractivity contribution is 5.56. The van der Waals surface area contributed by atoms with Crippen molar-refractivity contribution >= 4 is 5.69 Å². The first-order valence-corrected chi connectivity index (χ1v) is 5.61. The zero-order valence-corrected chi connectivity index (χ0v) is 9.20. The highest BCUT2D eigenvalue weighted by atomic mass is 16.5. The number of methoxy groups -OCH3 is 1. The second kappa shape index (κ2) is 4.51. The molecule has 1 aliphatic carbocycles. The normalized spacial score (nSPS) is 17.7. The number of anilines is 1. The predicted octanol–water partition coefficient (Wildman–Crippen LogP) is 2.72. The Labute approximate surface area is 90.7 Å². The molecule has 3 heteroatoms. The van der Waals surface area contributed by atoms with E-state index in [-0.39, 0.29) is 0 Å². The molecule has 0 saturated heterocycles. The summed E-state index contributed by atoms with van der Waals surface area (Å²) < 4.78 is 5.14. The number of ether oxygens (including phenoxy) is 1. The van der Waals surface area contributed by atoms with Crippen molar-refractivity contribution in [3.63, 3.8) is 0 Å². The van der Waals surface area contributed by atoms with E-state index in [4.69, 9.17) is 10.5 Å². The summed E-state index contributed by atoms with van der Waals surface area (Å²) in [6.45, 7) is 0. The lowest BCUT2D eigenvalue weighted by Gasteiger charge is -2.23. The summed E-state index contributed by atoms with van der Waals surface area (Å²) in [4.78, 5) is 4.11. The number of rotatable bonds is 2. The topological polar surface area (TPSA) is 48.1 Å². The number of nitrogens with zero attached hydrogens (tertiary/aromatic N) is 1. The quantitative estimate of drug-likeness (QED) is 0.809. The molecule has 2 N–H and O–H groups in total. The summed E-state index contributed by atoms with van der Waals surface area (Å²) in [5.41, 5.74) is 7.99. The molecule has 15 heavy (non-hydrogen) atoms. The van der Waals surface area contributed by atoms with Crippen LogP contribution >= 0.6 is 0 Å². The number of nitrogens with two attached hydrogens (primary N) is 1. The molecule has 3 nitrogen and oxygen atoms in total. The second-order valence-corrected chi connectivity index (χ2v) is 4.16. The Kier molecular flexibility index (Phi) is 3.09. The molecule has 1 aromatic heterocycles. The standard InChI is InChI=1S/C12H18N2O/c1-15-12-11(13)10(7-8-14-12)9-5-3-2-4-6-9/h7-9H,2-6,13H2,1H3. The summed E-state index contributed by atoms with van der Waals surface area (Å²) in [5.74, 6) is 1.17. The molecule has 0 aromatic carbocycles. The molecular formula is C12H18N2O. The highest BCUT2D eigenvalue weighted by Gasteiger charge is 2.19. The Bertz CT molecular complexity index is 332. The Morgan fingerprint density at radius 3 is 2.73 bits per heavy atom. The van der Waals surface area contributed by atoms with Gasteiger partial charge in [0.1, 0.15) is 0 Å². The van der Waals surface area contributed by atoms with Crippen molar-refractivity contribution in [1.82, 2.24) is 4.98 Å². The van der Waals surface area contributed by atoms with Gasteiger partial charge in [-0.05, 0) is 30.4 Å². The monoisotopic (exact) mass is 206 g/mol. The molecule has 0 atom stereocenters. The average Bonchev–Trinajstić information content (AvgIpc) is 2.30. The fourth-order valence-corrected chi connectivity index (χ4v) is 2.40. The first-order chi connectivity index (χ1) is 7.33. The SMILES string of the molecule is COc1nccc(C2CCCCC2)c1N. The molecule has 1 aliphatic rings. The molecule has 0 unspecified atom stereocenters. The lowest BCUT2D eigenvalue weighted by molar-refractivity contribution is 0.396. The lowest BCUT2D eigenvalue weighted by atomic mass is 9.84. The first-order valence-electron chi connectivity index (χ1n) is 5.61. The maximum absolute atomic E-state index is 6.04. The van der Waals surface area contributed by atoms with E-state index in [2.05, 4.69) is 4.98 Å². The van der Waals surface area contributed by atoms with E-state index in [1.807, 2.05) is 6.07 Å². The average molecular weight is 206 g/mol. The lowest BCUT2D eigenvalue weighted by Crippen LogP contribution is -2.08. The molecule has 1 heterocycles. The van der Waals surface area contributed by atoms with Crippen molar-refractivity contribution in [3.8, 4) is 5.88 Å². The Morgan fingerprint density at radius 2 is 2.07 bits per heavy atom. The van der Waals surface area contributed by atoms with Gasteiger partial charge in [0, 0.05) is 6.20 Å². The van der Waals surface area contributed by atoms with Crippen molar-refractivity contribution in [1.29, 1.82) is 0 Å². The van der Waals surface area contributed by atoms with Crippen LogP contribution in [0.1, 0.15) is 43.6 Å². The van der Waals surface area contributed by atoms with Gasteiger partial charge >= 0.3 is 0 Å². The first kappa shape index (κ1) is 10.3. The van der Waals surface area contributed by atoms with Gasteiger partial charge in [-0.1, -0.05) is 19.3 Å². The van der Waals surface area contributed by atoms with Crippen molar-refractivity contribution in [2.45, 2.75) is 38.0 Å². The van der Waals surface area contributed by atoms with Gasteiger partial charge in [-0.2, -0.15) is 0 Å². The number of aromatic nitrogens is 1. The zero-order valence-electron chi connectivity index (χ0n) is 9.20. The van der Waals surface area contributed by atoms with Gasteiger partial charge in [0.05, 0.1) is 12.8 Å². The fourth-order valence-electron chi connectivity index (χ4n) is 2.40. The summed E-state index contributed by atoms with van der Waals surface area (Å²) >= 11 is 0. The number of pyridine rings is 1. The molecule has 2 rings (SSSR count). The molecule has 1 saturated carbocycles. The zero-order chi connectivity index (χ0) is 10.7. The molecule has 1 aromatic rings. The highest BCUT2D eigenvalue weighted by Crippen LogP contribution is 2.37. The van der Waals surface area contributed by atoms with Crippen LogP contribution in [-0.4, -0.2) is 12.1 Å². The Balaban J connectivity index is 2.26. The van der Waals surface area contributed by atoms with Gasteiger partial charge in [-0.3, -0.25) is 0 Å². The van der Waals surface area contributed by atoms with Crippen molar-refractivity contribution < 1.29 is 4.74 Å². The van der Waals surface area contributed by atoms with Crippen molar-refractivity contribution in [3.05, 3.63) is 17.8 Å². The molecule has 1 fully saturated rings. The van der Waals surface area contributed by atoms with Gasteiger partial charge in [0.15, 0.2) is 0 Å². The Morgan fingerprint density at radius 1 is 1.33 bits per heavy atom. The molecule has 82 valence electrons. The van der Waals surface area contributed by atoms with Crippen LogP contribution in [0.3, 0.4) is 0 Å². The van der Waals surface area contributed by atoms with E-state index < -0.39 is 0 Å². The van der Waals surface area contributed by atoms with Gasteiger partial charge in [0.2, 0.25) is 5.88 Å². The van der Waals surface area contributed by atoms with Gasteiger partial charge in [-0.25, -0.2) is 4.98 Å². The number of hydrogen-bond donors (Lipinski definition) is 1. The van der Waals surface area contributed by atoms with Crippen LogP contribution in [0.25, 0.3) is 0 Å². The maximum atomic E-state index is 6.04. The van der Waals surface area contributed by atoms with E-state index in [1.54, 1.807) is 13.3 Å². The minimum Gasteiger partial charge on any atom is -0.480 e. The molecule has 0 aliphatic heterocycles. The molecule has 0 radical (unpaired) electrons. The van der Waals surface area contributed by atoms with Gasteiger partial charge in [-0.15, -0.1) is 0 Å². The van der Waals surface area contributed by atoms with Crippen LogP contribution in [0.15, 0.2) is 12.3 Å². The van der Waals surface area contributed by atoms with Crippen LogP contribution in [0.5, 0.6) is 5.88 Å². The second-order valence-electron chi connectivity index (χ2n) is 4.16. The summed E-state index contributed by atoms with van der Waals surface area (Å²) in [7, 11) is 1.61. The van der Waals surface area contributed by atoms with E-state index in [9.17, 15) is 0 Å². The number of hydrogen-bond acceptors (Lipinski definition) is 3. The van der Waals surface area contributed by atoms with Crippen molar-refractivity contribution in [2.75, 3.05) is 12.8 Å². The van der Waals surface area contributed by atoms with E-state index in [0.717, 1.165) is 5.69 Å². The molecular weight excluding hydrogens is 188 g/mol. The third kappa shape index (κ3) is 2.06. The van der Waals surface area contributed by atoms with Crippen molar-refractivity contribution in [2.24, 2.45) is 0 Å². The van der Waals surface area contributed by atoms with Gasteiger partial charge < -0.3 is 10.5 Å². The smallest absolute Gasteiger partial charge is 0.237 e. The van der Waals surface area contributed by atoms with Crippen LogP contribution in [-0.2, 0) is 0 Å². The third-order valence-corrected chi connectivity index (χ3v) is 3.23. The molecule has 0 amide bonds.